The summed E-state index contributed by atoms with van der Waals surface area (Å²) in [6.45, 7) is 0.517. The Kier molecular flexibility index (Phi) is 7.30. The second-order valence-corrected chi connectivity index (χ2v) is 8.77. The number of nitrogens with one attached hydrogen (secondary N) is 1. The van der Waals surface area contributed by atoms with E-state index >= 15 is 0 Å². The van der Waals surface area contributed by atoms with Crippen LogP contribution in [0.15, 0.2) is 52.2 Å². The lowest BCUT2D eigenvalue weighted by Gasteiger charge is -2.22. The van der Waals surface area contributed by atoms with E-state index in [2.05, 4.69) is 15.5 Å². The highest BCUT2D eigenvalue weighted by atomic mass is 32.2. The smallest absolute Gasteiger partial charge is 0.221 e. The van der Waals surface area contributed by atoms with Gasteiger partial charge in [0.2, 0.25) is 5.91 Å². The number of furan rings is 1. The van der Waals surface area contributed by atoms with Crippen molar-refractivity contribution in [3.8, 4) is 17.1 Å². The second-order valence-electron chi connectivity index (χ2n) is 7.70. The Morgan fingerprint density at radius 2 is 2.10 bits per heavy atom. The quantitative estimate of drug-likeness (QED) is 0.493. The van der Waals surface area contributed by atoms with Gasteiger partial charge in [0.1, 0.15) is 11.5 Å². The van der Waals surface area contributed by atoms with Crippen LogP contribution in [0.3, 0.4) is 0 Å². The highest BCUT2D eigenvalue weighted by molar-refractivity contribution is 7.99. The minimum atomic E-state index is 0.115. The van der Waals surface area contributed by atoms with E-state index in [4.69, 9.17) is 9.15 Å². The average Bonchev–Trinajstić information content (AvgIpc) is 3.45. The number of aromatic nitrogens is 3. The van der Waals surface area contributed by atoms with Crippen molar-refractivity contribution in [2.24, 2.45) is 0 Å². The number of hydrogen-bond acceptors (Lipinski definition) is 6. The lowest BCUT2D eigenvalue weighted by Crippen LogP contribution is -2.36. The lowest BCUT2D eigenvalue weighted by molar-refractivity contribution is -0.121. The van der Waals surface area contributed by atoms with Gasteiger partial charge in [0, 0.05) is 23.8 Å². The van der Waals surface area contributed by atoms with Crippen molar-refractivity contribution in [2.75, 3.05) is 12.9 Å². The van der Waals surface area contributed by atoms with Gasteiger partial charge in [-0.05, 0) is 37.1 Å². The summed E-state index contributed by atoms with van der Waals surface area (Å²) in [7, 11) is 1.65. The molecular formula is C23H28N4O3S. The molecule has 1 N–H and O–H groups in total. The van der Waals surface area contributed by atoms with Crippen LogP contribution < -0.4 is 10.1 Å². The number of nitrogens with zero attached hydrogens (tertiary/aromatic N) is 3. The van der Waals surface area contributed by atoms with E-state index in [1.165, 1.54) is 19.3 Å². The first-order chi connectivity index (χ1) is 15.2. The lowest BCUT2D eigenvalue weighted by atomic mass is 9.95. The Labute approximate surface area is 186 Å². The molecule has 0 spiro atoms. The van der Waals surface area contributed by atoms with Gasteiger partial charge in [-0.1, -0.05) is 43.2 Å². The van der Waals surface area contributed by atoms with Crippen molar-refractivity contribution in [2.45, 2.75) is 56.3 Å². The molecule has 0 radical (unpaired) electrons. The zero-order chi connectivity index (χ0) is 21.5. The molecule has 1 aliphatic rings. The van der Waals surface area contributed by atoms with E-state index in [1.54, 1.807) is 25.1 Å². The number of amides is 1. The molecule has 31 heavy (non-hydrogen) atoms. The molecule has 0 aliphatic heterocycles. The van der Waals surface area contributed by atoms with E-state index in [1.807, 2.05) is 41.0 Å². The van der Waals surface area contributed by atoms with Crippen LogP contribution >= 0.6 is 11.8 Å². The SMILES string of the molecule is COc1cccc(-c2nnc(SCCC(=O)NC3CCCCC3)n2Cc2ccco2)c1. The van der Waals surface area contributed by atoms with E-state index in [0.717, 1.165) is 40.9 Å². The Balaban J connectivity index is 1.45. The van der Waals surface area contributed by atoms with Crippen molar-refractivity contribution in [1.82, 2.24) is 20.1 Å². The first kappa shape index (κ1) is 21.5. The molecule has 2 heterocycles. The van der Waals surface area contributed by atoms with Crippen molar-refractivity contribution in [1.29, 1.82) is 0 Å². The maximum absolute atomic E-state index is 12.3. The van der Waals surface area contributed by atoms with Crippen LogP contribution in [0.5, 0.6) is 5.75 Å². The van der Waals surface area contributed by atoms with Crippen molar-refractivity contribution < 1.29 is 13.9 Å². The summed E-state index contributed by atoms with van der Waals surface area (Å²) in [5.74, 6) is 3.08. The maximum Gasteiger partial charge on any atom is 0.221 e. The summed E-state index contributed by atoms with van der Waals surface area (Å²) < 4.78 is 12.9. The van der Waals surface area contributed by atoms with Crippen LogP contribution in [-0.2, 0) is 11.3 Å². The van der Waals surface area contributed by atoms with Crippen LogP contribution in [0.1, 0.15) is 44.3 Å². The Morgan fingerprint density at radius 1 is 1.23 bits per heavy atom. The van der Waals surface area contributed by atoms with E-state index < -0.39 is 0 Å². The number of methoxy groups -OCH3 is 1. The molecule has 3 aromatic rings. The number of carbonyl (C=O) groups excluding carboxylic acids is 1. The van der Waals surface area contributed by atoms with Gasteiger partial charge in [-0.15, -0.1) is 10.2 Å². The van der Waals surface area contributed by atoms with Crippen molar-refractivity contribution >= 4 is 17.7 Å². The monoisotopic (exact) mass is 440 g/mol. The molecule has 1 aliphatic carbocycles. The fraction of sp³-hybridized carbons (Fsp3) is 0.435. The van der Waals surface area contributed by atoms with Crippen molar-refractivity contribution in [3.05, 3.63) is 48.4 Å². The first-order valence-corrected chi connectivity index (χ1v) is 11.7. The van der Waals surface area contributed by atoms with Gasteiger partial charge < -0.3 is 14.5 Å². The summed E-state index contributed by atoms with van der Waals surface area (Å²) in [6.07, 6.45) is 8.02. The predicted molar refractivity (Wildman–Crippen MR) is 120 cm³/mol. The zero-order valence-electron chi connectivity index (χ0n) is 17.8. The first-order valence-electron chi connectivity index (χ1n) is 10.7. The van der Waals surface area contributed by atoms with Gasteiger partial charge in [-0.2, -0.15) is 0 Å². The number of carbonyl (C=O) groups is 1. The third-order valence-corrected chi connectivity index (χ3v) is 6.44. The standard InChI is InChI=1S/C23H28N4O3S/c1-29-19-10-5-7-17(15-19)22-25-26-23(27(22)16-20-11-6-13-30-20)31-14-12-21(28)24-18-8-3-2-4-9-18/h5-7,10-11,13,15,18H,2-4,8-9,12,14,16H2,1H3,(H,24,28). The van der Waals surface area contributed by atoms with Crippen LogP contribution in [-0.4, -0.2) is 39.6 Å². The molecule has 0 unspecified atom stereocenters. The molecule has 164 valence electrons. The molecule has 0 bridgehead atoms. The van der Waals surface area contributed by atoms with Gasteiger partial charge in [0.25, 0.3) is 0 Å². The molecule has 0 saturated heterocycles. The number of benzene rings is 1. The fourth-order valence-electron chi connectivity index (χ4n) is 3.85. The van der Waals surface area contributed by atoms with Crippen LogP contribution in [0.25, 0.3) is 11.4 Å². The number of rotatable bonds is 9. The summed E-state index contributed by atoms with van der Waals surface area (Å²) in [5, 5.41) is 12.8. The van der Waals surface area contributed by atoms with Gasteiger partial charge in [-0.25, -0.2) is 0 Å². The number of thioether (sulfide) groups is 1. The number of hydrogen-bond donors (Lipinski definition) is 1. The molecule has 7 nitrogen and oxygen atoms in total. The summed E-state index contributed by atoms with van der Waals surface area (Å²) >= 11 is 1.54. The van der Waals surface area contributed by atoms with E-state index in [0.29, 0.717) is 24.8 Å². The average molecular weight is 441 g/mol. The topological polar surface area (TPSA) is 82.2 Å². The van der Waals surface area contributed by atoms with Gasteiger partial charge in [-0.3, -0.25) is 9.36 Å². The molecule has 4 rings (SSSR count). The normalized spacial score (nSPS) is 14.5. The summed E-state index contributed by atoms with van der Waals surface area (Å²) in [4.78, 5) is 12.3. The zero-order valence-corrected chi connectivity index (χ0v) is 18.6. The third kappa shape index (κ3) is 5.70. The Hall–Kier alpha value is -2.74. The van der Waals surface area contributed by atoms with Crippen LogP contribution in [0.2, 0.25) is 0 Å². The minimum absolute atomic E-state index is 0.115. The van der Waals surface area contributed by atoms with Crippen LogP contribution in [0, 0.1) is 0 Å². The Bertz CT molecular complexity index is 981. The maximum atomic E-state index is 12.3. The van der Waals surface area contributed by atoms with Gasteiger partial charge in [0.05, 0.1) is 19.9 Å². The molecule has 1 fully saturated rings. The predicted octanol–water partition coefficient (Wildman–Crippen LogP) is 4.53. The third-order valence-electron chi connectivity index (χ3n) is 5.47. The second kappa shape index (κ2) is 10.5. The molecular weight excluding hydrogens is 412 g/mol. The highest BCUT2D eigenvalue weighted by Gasteiger charge is 2.18. The molecule has 1 aromatic carbocycles. The molecule has 0 atom stereocenters. The molecule has 2 aromatic heterocycles. The molecule has 1 saturated carbocycles. The number of ether oxygens (including phenoxy) is 1. The Morgan fingerprint density at radius 3 is 2.87 bits per heavy atom. The van der Waals surface area contributed by atoms with Gasteiger partial charge in [0.15, 0.2) is 11.0 Å². The highest BCUT2D eigenvalue weighted by Crippen LogP contribution is 2.28. The summed E-state index contributed by atoms with van der Waals surface area (Å²) in [5.41, 5.74) is 0.917. The van der Waals surface area contributed by atoms with Gasteiger partial charge >= 0.3 is 0 Å². The fourth-order valence-corrected chi connectivity index (χ4v) is 4.73. The molecule has 1 amide bonds. The van der Waals surface area contributed by atoms with E-state index in [9.17, 15) is 4.79 Å². The minimum Gasteiger partial charge on any atom is -0.497 e. The van der Waals surface area contributed by atoms with E-state index in [-0.39, 0.29) is 5.91 Å². The van der Waals surface area contributed by atoms with Crippen molar-refractivity contribution in [3.63, 3.8) is 0 Å². The van der Waals surface area contributed by atoms with Crippen LogP contribution in [0.4, 0.5) is 0 Å². The summed E-state index contributed by atoms with van der Waals surface area (Å²) in [6, 6.07) is 11.9. The largest absolute Gasteiger partial charge is 0.497 e. The molecule has 8 heteroatoms.